The highest BCUT2D eigenvalue weighted by Crippen LogP contribution is 2.34. The number of ether oxygens (including phenoxy) is 1. The number of hydrogen-bond acceptors (Lipinski definition) is 4. The first-order valence-corrected chi connectivity index (χ1v) is 8.34. The predicted octanol–water partition coefficient (Wildman–Crippen LogP) is 1.28. The Morgan fingerprint density at radius 3 is 2.90 bits per heavy atom. The van der Waals surface area contributed by atoms with Crippen LogP contribution >= 0.6 is 0 Å². The zero-order chi connectivity index (χ0) is 14.9. The van der Waals surface area contributed by atoms with Crippen molar-refractivity contribution in [3.63, 3.8) is 0 Å². The van der Waals surface area contributed by atoms with Gasteiger partial charge in [0.1, 0.15) is 5.41 Å². The van der Waals surface area contributed by atoms with Crippen LogP contribution in [0.5, 0.6) is 0 Å². The molecular weight excluding hydrogens is 268 g/mol. The number of piperidine rings is 2. The van der Waals surface area contributed by atoms with Gasteiger partial charge in [-0.2, -0.15) is 0 Å². The van der Waals surface area contributed by atoms with Crippen LogP contribution in [0.2, 0.25) is 0 Å². The highest BCUT2D eigenvalue weighted by atomic mass is 16.5. The van der Waals surface area contributed by atoms with E-state index >= 15 is 0 Å². The fourth-order valence-electron chi connectivity index (χ4n) is 4.51. The molecule has 5 heteroatoms. The van der Waals surface area contributed by atoms with Crippen LogP contribution in [0.4, 0.5) is 0 Å². The first-order valence-electron chi connectivity index (χ1n) is 8.34. The minimum atomic E-state index is -0.676. The summed E-state index contributed by atoms with van der Waals surface area (Å²) in [5.74, 6) is 0.0398. The molecule has 3 atom stereocenters. The largest absolute Gasteiger partial charge is 0.481 e. The van der Waals surface area contributed by atoms with Crippen LogP contribution in [-0.4, -0.2) is 73.4 Å². The van der Waals surface area contributed by atoms with E-state index in [9.17, 15) is 9.90 Å². The van der Waals surface area contributed by atoms with Crippen molar-refractivity contribution in [3.05, 3.63) is 0 Å². The molecule has 3 fully saturated rings. The first kappa shape index (κ1) is 15.3. The standard InChI is InChI=1S/C16H28N2O3/c1-17-7-2-4-13-10-18(8-5-14(13)17)11-16(15(19)20)6-3-9-21-12-16/h13-14H,2-12H2,1H3,(H,19,20). The lowest BCUT2D eigenvalue weighted by molar-refractivity contribution is -0.160. The molecule has 3 heterocycles. The number of carboxylic acid groups (broad SMARTS) is 1. The maximum atomic E-state index is 11.8. The molecule has 21 heavy (non-hydrogen) atoms. The van der Waals surface area contributed by atoms with E-state index in [0.29, 0.717) is 31.7 Å². The van der Waals surface area contributed by atoms with E-state index in [-0.39, 0.29) is 0 Å². The van der Waals surface area contributed by atoms with Gasteiger partial charge in [0, 0.05) is 25.7 Å². The van der Waals surface area contributed by atoms with Crippen LogP contribution in [0.15, 0.2) is 0 Å². The second kappa shape index (κ2) is 6.23. The molecule has 0 aromatic heterocycles. The number of fused-ring (bicyclic) bond motifs is 1. The molecule has 3 saturated heterocycles. The lowest BCUT2D eigenvalue weighted by atomic mass is 9.79. The SMILES string of the molecule is CN1CCCC2CN(CC3(C(=O)O)CCCOC3)CCC21. The molecule has 3 unspecified atom stereocenters. The first-order chi connectivity index (χ1) is 10.1. The lowest BCUT2D eigenvalue weighted by Crippen LogP contribution is -2.56. The summed E-state index contributed by atoms with van der Waals surface area (Å²) in [4.78, 5) is 16.7. The summed E-state index contributed by atoms with van der Waals surface area (Å²) in [6.07, 6.45) is 5.38. The van der Waals surface area contributed by atoms with E-state index in [0.717, 1.165) is 25.9 Å². The molecule has 3 rings (SSSR count). The van der Waals surface area contributed by atoms with Crippen LogP contribution in [0.25, 0.3) is 0 Å². The summed E-state index contributed by atoms with van der Waals surface area (Å²) in [6, 6.07) is 0.707. The van der Waals surface area contributed by atoms with Gasteiger partial charge in [-0.15, -0.1) is 0 Å². The third-order valence-electron chi connectivity index (χ3n) is 5.73. The summed E-state index contributed by atoms with van der Waals surface area (Å²) in [5.41, 5.74) is -0.675. The van der Waals surface area contributed by atoms with Crippen molar-refractivity contribution in [1.29, 1.82) is 0 Å². The zero-order valence-corrected chi connectivity index (χ0v) is 13.1. The molecule has 0 amide bonds. The molecular formula is C16H28N2O3. The van der Waals surface area contributed by atoms with Gasteiger partial charge in [0.15, 0.2) is 0 Å². The van der Waals surface area contributed by atoms with Gasteiger partial charge < -0.3 is 19.6 Å². The van der Waals surface area contributed by atoms with E-state index < -0.39 is 11.4 Å². The van der Waals surface area contributed by atoms with Crippen molar-refractivity contribution in [2.45, 2.75) is 38.1 Å². The van der Waals surface area contributed by atoms with Gasteiger partial charge in [0.25, 0.3) is 0 Å². The maximum absolute atomic E-state index is 11.8. The van der Waals surface area contributed by atoms with E-state index in [1.807, 2.05) is 0 Å². The molecule has 0 aromatic carbocycles. The molecule has 0 aromatic rings. The summed E-state index contributed by atoms with van der Waals surface area (Å²) >= 11 is 0. The van der Waals surface area contributed by atoms with E-state index in [4.69, 9.17) is 4.74 Å². The number of carboxylic acids is 1. The average Bonchev–Trinajstić information content (AvgIpc) is 2.48. The molecule has 0 radical (unpaired) electrons. The van der Waals surface area contributed by atoms with Gasteiger partial charge >= 0.3 is 5.97 Å². The van der Waals surface area contributed by atoms with E-state index in [1.165, 1.54) is 25.8 Å². The van der Waals surface area contributed by atoms with Crippen molar-refractivity contribution < 1.29 is 14.6 Å². The number of aliphatic carboxylic acids is 1. The van der Waals surface area contributed by atoms with Crippen LogP contribution in [0.3, 0.4) is 0 Å². The minimum absolute atomic E-state index is 0.382. The molecule has 0 saturated carbocycles. The van der Waals surface area contributed by atoms with Crippen LogP contribution in [0.1, 0.15) is 32.1 Å². The quantitative estimate of drug-likeness (QED) is 0.850. The summed E-state index contributed by atoms with van der Waals surface area (Å²) < 4.78 is 5.50. The van der Waals surface area contributed by atoms with Crippen molar-refractivity contribution in [2.75, 3.05) is 46.4 Å². The second-order valence-electron chi connectivity index (χ2n) is 7.22. The van der Waals surface area contributed by atoms with Crippen molar-refractivity contribution in [3.8, 4) is 0 Å². The summed E-state index contributed by atoms with van der Waals surface area (Å²) in [5, 5.41) is 9.68. The second-order valence-corrected chi connectivity index (χ2v) is 7.22. The Bertz CT molecular complexity index is 382. The number of hydrogen-bond donors (Lipinski definition) is 1. The van der Waals surface area contributed by atoms with Gasteiger partial charge in [0.2, 0.25) is 0 Å². The smallest absolute Gasteiger partial charge is 0.313 e. The van der Waals surface area contributed by atoms with Gasteiger partial charge in [-0.05, 0) is 58.2 Å². The molecule has 3 aliphatic rings. The van der Waals surface area contributed by atoms with Crippen LogP contribution in [-0.2, 0) is 9.53 Å². The topological polar surface area (TPSA) is 53.0 Å². The normalized spacial score (nSPS) is 38.9. The third kappa shape index (κ3) is 3.10. The fraction of sp³-hybridized carbons (Fsp3) is 0.938. The van der Waals surface area contributed by atoms with Gasteiger partial charge in [-0.1, -0.05) is 0 Å². The molecule has 5 nitrogen and oxygen atoms in total. The molecule has 3 aliphatic heterocycles. The summed E-state index contributed by atoms with van der Waals surface area (Å²) in [7, 11) is 2.24. The Labute approximate surface area is 127 Å². The molecule has 0 bridgehead atoms. The van der Waals surface area contributed by atoms with Gasteiger partial charge in [-0.25, -0.2) is 0 Å². The Kier molecular flexibility index (Phi) is 4.52. The summed E-state index contributed by atoms with van der Waals surface area (Å²) in [6.45, 7) is 5.06. The third-order valence-corrected chi connectivity index (χ3v) is 5.73. The molecule has 1 N–H and O–H groups in total. The van der Waals surface area contributed by atoms with Crippen molar-refractivity contribution in [1.82, 2.24) is 9.80 Å². The fourth-order valence-corrected chi connectivity index (χ4v) is 4.51. The average molecular weight is 296 g/mol. The van der Waals surface area contributed by atoms with E-state index in [2.05, 4.69) is 16.8 Å². The van der Waals surface area contributed by atoms with Crippen molar-refractivity contribution >= 4 is 5.97 Å². The maximum Gasteiger partial charge on any atom is 0.313 e. The number of rotatable bonds is 3. The monoisotopic (exact) mass is 296 g/mol. The predicted molar refractivity (Wildman–Crippen MR) is 80.3 cm³/mol. The number of nitrogens with zero attached hydrogens (tertiary/aromatic N) is 2. The number of carbonyl (C=O) groups is 1. The highest BCUT2D eigenvalue weighted by molar-refractivity contribution is 5.75. The van der Waals surface area contributed by atoms with Gasteiger partial charge in [0.05, 0.1) is 6.61 Å². The van der Waals surface area contributed by atoms with Gasteiger partial charge in [-0.3, -0.25) is 4.79 Å². The zero-order valence-electron chi connectivity index (χ0n) is 13.1. The molecule has 0 aliphatic carbocycles. The Balaban J connectivity index is 1.63. The minimum Gasteiger partial charge on any atom is -0.481 e. The highest BCUT2D eigenvalue weighted by Gasteiger charge is 2.44. The molecule has 0 spiro atoms. The Hall–Kier alpha value is -0.650. The Morgan fingerprint density at radius 2 is 2.19 bits per heavy atom. The van der Waals surface area contributed by atoms with E-state index in [1.54, 1.807) is 0 Å². The lowest BCUT2D eigenvalue weighted by Gasteiger charge is -2.48. The number of likely N-dealkylation sites (tertiary alicyclic amines) is 2. The molecule has 120 valence electrons. The van der Waals surface area contributed by atoms with Crippen molar-refractivity contribution in [2.24, 2.45) is 11.3 Å². The van der Waals surface area contributed by atoms with Crippen LogP contribution in [0, 0.1) is 11.3 Å². The Morgan fingerprint density at radius 1 is 1.33 bits per heavy atom. The van der Waals surface area contributed by atoms with Crippen LogP contribution < -0.4 is 0 Å².